The standard InChI is InChI=1S/C9H17N3O/c1-7-6-11(5)9(10(3)4)12(7)8(2)13/h6,9H,1-5H3. The molecule has 74 valence electrons. The molecule has 0 fully saturated rings. The van der Waals surface area contributed by atoms with Crippen LogP contribution in [-0.2, 0) is 4.79 Å². The number of hydrogen-bond acceptors (Lipinski definition) is 3. The van der Waals surface area contributed by atoms with Crippen LogP contribution in [0.3, 0.4) is 0 Å². The predicted molar refractivity (Wildman–Crippen MR) is 51.5 cm³/mol. The van der Waals surface area contributed by atoms with Crippen LogP contribution in [0.25, 0.3) is 0 Å². The van der Waals surface area contributed by atoms with Crippen molar-refractivity contribution >= 4 is 5.91 Å². The van der Waals surface area contributed by atoms with E-state index >= 15 is 0 Å². The first-order valence-corrected chi connectivity index (χ1v) is 4.31. The van der Waals surface area contributed by atoms with Gasteiger partial charge in [-0.2, -0.15) is 0 Å². The van der Waals surface area contributed by atoms with Crippen LogP contribution in [-0.4, -0.2) is 48.0 Å². The molecule has 1 aliphatic heterocycles. The molecule has 13 heavy (non-hydrogen) atoms. The molecule has 0 spiro atoms. The van der Waals surface area contributed by atoms with E-state index in [1.54, 1.807) is 11.8 Å². The fourth-order valence-electron chi connectivity index (χ4n) is 1.79. The largest absolute Gasteiger partial charge is 0.346 e. The van der Waals surface area contributed by atoms with Gasteiger partial charge in [-0.15, -0.1) is 0 Å². The molecule has 0 radical (unpaired) electrons. The Morgan fingerprint density at radius 3 is 2.38 bits per heavy atom. The summed E-state index contributed by atoms with van der Waals surface area (Å²) in [6.45, 7) is 3.54. The molecule has 1 atom stereocenters. The highest BCUT2D eigenvalue weighted by Crippen LogP contribution is 2.21. The highest BCUT2D eigenvalue weighted by molar-refractivity contribution is 5.76. The van der Waals surface area contributed by atoms with Crippen LogP contribution in [0.1, 0.15) is 13.8 Å². The van der Waals surface area contributed by atoms with Crippen molar-refractivity contribution in [2.24, 2.45) is 0 Å². The van der Waals surface area contributed by atoms with E-state index in [1.165, 1.54) is 0 Å². The highest BCUT2D eigenvalue weighted by Gasteiger charge is 2.31. The molecule has 0 saturated carbocycles. The van der Waals surface area contributed by atoms with Gasteiger partial charge in [0.05, 0.1) is 0 Å². The molecule has 0 N–H and O–H groups in total. The fourth-order valence-corrected chi connectivity index (χ4v) is 1.79. The Labute approximate surface area is 79.4 Å². The van der Waals surface area contributed by atoms with Gasteiger partial charge in [-0.25, -0.2) is 0 Å². The number of amides is 1. The molecule has 1 heterocycles. The lowest BCUT2D eigenvalue weighted by Crippen LogP contribution is -2.49. The van der Waals surface area contributed by atoms with Crippen molar-refractivity contribution in [3.63, 3.8) is 0 Å². The van der Waals surface area contributed by atoms with Crippen LogP contribution < -0.4 is 0 Å². The molecule has 0 saturated heterocycles. The van der Waals surface area contributed by atoms with Crippen molar-refractivity contribution < 1.29 is 4.79 Å². The van der Waals surface area contributed by atoms with Crippen LogP contribution in [0.2, 0.25) is 0 Å². The third-order valence-electron chi connectivity index (χ3n) is 2.17. The number of nitrogens with zero attached hydrogens (tertiary/aromatic N) is 3. The molecule has 1 aliphatic rings. The molecule has 0 bridgehead atoms. The van der Waals surface area contributed by atoms with Crippen molar-refractivity contribution in [1.82, 2.24) is 14.7 Å². The molecule has 0 aromatic rings. The SMILES string of the molecule is CC(=O)N1C(C)=CN(C)C1N(C)C. The number of hydrogen-bond donors (Lipinski definition) is 0. The van der Waals surface area contributed by atoms with Crippen LogP contribution in [0.4, 0.5) is 0 Å². The second-order valence-corrected chi connectivity index (χ2v) is 3.63. The second kappa shape index (κ2) is 3.38. The number of rotatable bonds is 1. The summed E-state index contributed by atoms with van der Waals surface area (Å²) < 4.78 is 0. The summed E-state index contributed by atoms with van der Waals surface area (Å²) >= 11 is 0. The summed E-state index contributed by atoms with van der Waals surface area (Å²) in [5, 5.41) is 0. The van der Waals surface area contributed by atoms with Crippen LogP contribution in [0.5, 0.6) is 0 Å². The van der Waals surface area contributed by atoms with Crippen molar-refractivity contribution in [3.8, 4) is 0 Å². The normalized spacial score (nSPS) is 22.6. The van der Waals surface area contributed by atoms with E-state index < -0.39 is 0 Å². The van der Waals surface area contributed by atoms with E-state index in [-0.39, 0.29) is 12.2 Å². The predicted octanol–water partition coefficient (Wildman–Crippen LogP) is 0.487. The first-order chi connectivity index (χ1) is 5.95. The lowest BCUT2D eigenvalue weighted by atomic mass is 10.4. The van der Waals surface area contributed by atoms with Gasteiger partial charge in [0.1, 0.15) is 0 Å². The van der Waals surface area contributed by atoms with Gasteiger partial charge in [-0.1, -0.05) is 0 Å². The van der Waals surface area contributed by atoms with E-state index in [9.17, 15) is 4.79 Å². The molecule has 0 aromatic carbocycles. The molecular formula is C9H17N3O. The van der Waals surface area contributed by atoms with Gasteiger partial charge in [0.15, 0.2) is 6.29 Å². The minimum Gasteiger partial charge on any atom is -0.346 e. The number of carbonyl (C=O) groups is 1. The molecular weight excluding hydrogens is 166 g/mol. The number of carbonyl (C=O) groups excluding carboxylic acids is 1. The van der Waals surface area contributed by atoms with Gasteiger partial charge >= 0.3 is 0 Å². The molecule has 0 aliphatic carbocycles. The Balaban J connectivity index is 2.91. The Morgan fingerprint density at radius 1 is 1.54 bits per heavy atom. The zero-order chi connectivity index (χ0) is 10.2. The average Bonchev–Trinajstić information content (AvgIpc) is 2.24. The molecule has 1 amide bonds. The van der Waals surface area contributed by atoms with Crippen LogP contribution >= 0.6 is 0 Å². The Kier molecular flexibility index (Phi) is 2.61. The van der Waals surface area contributed by atoms with Crippen LogP contribution in [0, 0.1) is 0 Å². The van der Waals surface area contributed by atoms with Crippen molar-refractivity contribution in [1.29, 1.82) is 0 Å². The zero-order valence-corrected chi connectivity index (χ0v) is 8.90. The summed E-state index contributed by atoms with van der Waals surface area (Å²) in [4.78, 5) is 17.2. The first kappa shape index (κ1) is 10.1. The maximum Gasteiger partial charge on any atom is 0.226 e. The van der Waals surface area contributed by atoms with E-state index in [2.05, 4.69) is 0 Å². The Morgan fingerprint density at radius 2 is 2.08 bits per heavy atom. The van der Waals surface area contributed by atoms with Gasteiger partial charge in [-0.05, 0) is 21.0 Å². The van der Waals surface area contributed by atoms with E-state index in [0.29, 0.717) is 0 Å². The van der Waals surface area contributed by atoms with Gasteiger partial charge in [0.2, 0.25) is 5.91 Å². The van der Waals surface area contributed by atoms with Gasteiger partial charge in [0, 0.05) is 25.9 Å². The molecule has 4 heteroatoms. The monoisotopic (exact) mass is 183 g/mol. The molecule has 1 rings (SSSR count). The third-order valence-corrected chi connectivity index (χ3v) is 2.17. The van der Waals surface area contributed by atoms with Gasteiger partial charge in [-0.3, -0.25) is 14.6 Å². The summed E-state index contributed by atoms with van der Waals surface area (Å²) in [5.41, 5.74) is 0.994. The quantitative estimate of drug-likeness (QED) is 0.592. The van der Waals surface area contributed by atoms with E-state index in [4.69, 9.17) is 0 Å². The second-order valence-electron chi connectivity index (χ2n) is 3.63. The van der Waals surface area contributed by atoms with Crippen molar-refractivity contribution in [2.75, 3.05) is 21.1 Å². The lowest BCUT2D eigenvalue weighted by Gasteiger charge is -2.34. The summed E-state index contributed by atoms with van der Waals surface area (Å²) in [6, 6.07) is 0. The Bertz CT molecular complexity index is 247. The summed E-state index contributed by atoms with van der Waals surface area (Å²) in [6.07, 6.45) is 2.00. The lowest BCUT2D eigenvalue weighted by molar-refractivity contribution is -0.134. The minimum absolute atomic E-state index is 0.0255. The smallest absolute Gasteiger partial charge is 0.226 e. The zero-order valence-electron chi connectivity index (χ0n) is 8.90. The van der Waals surface area contributed by atoms with E-state index in [1.807, 2.05) is 44.1 Å². The summed E-state index contributed by atoms with van der Waals surface area (Å²) in [5.74, 6) is 0.0804. The number of allylic oxidation sites excluding steroid dienone is 1. The average molecular weight is 183 g/mol. The molecule has 1 unspecified atom stereocenters. The van der Waals surface area contributed by atoms with Gasteiger partial charge < -0.3 is 4.90 Å². The fraction of sp³-hybridized carbons (Fsp3) is 0.667. The van der Waals surface area contributed by atoms with Gasteiger partial charge in [0.25, 0.3) is 0 Å². The van der Waals surface area contributed by atoms with Crippen molar-refractivity contribution in [3.05, 3.63) is 11.9 Å². The summed E-state index contributed by atoms with van der Waals surface area (Å²) in [7, 11) is 5.89. The van der Waals surface area contributed by atoms with Crippen LogP contribution in [0.15, 0.2) is 11.9 Å². The topological polar surface area (TPSA) is 26.8 Å². The highest BCUT2D eigenvalue weighted by atomic mass is 16.2. The molecule has 4 nitrogen and oxygen atoms in total. The maximum atomic E-state index is 11.3. The third kappa shape index (κ3) is 1.67. The first-order valence-electron chi connectivity index (χ1n) is 4.31. The Hall–Kier alpha value is -1.03. The van der Waals surface area contributed by atoms with Crippen molar-refractivity contribution in [2.45, 2.75) is 20.1 Å². The van der Waals surface area contributed by atoms with E-state index in [0.717, 1.165) is 5.70 Å². The minimum atomic E-state index is 0.0255. The maximum absolute atomic E-state index is 11.3. The molecule has 0 aromatic heterocycles.